The van der Waals surface area contributed by atoms with Crippen molar-refractivity contribution in [1.29, 1.82) is 0 Å². The molecule has 0 heterocycles. The van der Waals surface area contributed by atoms with Crippen molar-refractivity contribution in [3.05, 3.63) is 0 Å². The number of hydrogen-bond acceptors (Lipinski definition) is 15. The Morgan fingerprint density at radius 3 is 0.724 bits per heavy atom. The Kier molecular flexibility index (Phi) is 76.0. The molecule has 105 heavy (non-hydrogen) atoms. The molecular weight excluding hydrogens is 1370 g/mol. The van der Waals surface area contributed by atoms with Crippen molar-refractivity contribution in [2.24, 2.45) is 11.8 Å². The van der Waals surface area contributed by atoms with Crippen molar-refractivity contribution in [3.8, 4) is 0 Å². The van der Waals surface area contributed by atoms with Crippen molar-refractivity contribution in [1.82, 2.24) is 0 Å². The van der Waals surface area contributed by atoms with Gasteiger partial charge in [-0.05, 0) is 37.5 Å². The van der Waals surface area contributed by atoms with Crippen LogP contribution in [0.5, 0.6) is 0 Å². The fourth-order valence-corrected chi connectivity index (χ4v) is 15.0. The van der Waals surface area contributed by atoms with Gasteiger partial charge in [0, 0.05) is 25.7 Å². The molecule has 0 aliphatic rings. The van der Waals surface area contributed by atoms with Gasteiger partial charge in [0.15, 0.2) is 12.2 Å². The van der Waals surface area contributed by atoms with E-state index in [9.17, 15) is 43.2 Å². The Bertz CT molecular complexity index is 2010. The van der Waals surface area contributed by atoms with Crippen LogP contribution in [0, 0.1) is 11.8 Å². The van der Waals surface area contributed by atoms with Crippen molar-refractivity contribution >= 4 is 39.5 Å². The molecule has 0 aromatic rings. The van der Waals surface area contributed by atoms with Gasteiger partial charge in [-0.25, -0.2) is 9.13 Å². The van der Waals surface area contributed by atoms with Crippen LogP contribution in [-0.4, -0.2) is 96.7 Å². The summed E-state index contributed by atoms with van der Waals surface area (Å²) >= 11 is 0. The van der Waals surface area contributed by atoms with Crippen LogP contribution in [0.3, 0.4) is 0 Å². The maximum atomic E-state index is 13.1. The van der Waals surface area contributed by atoms with E-state index in [1.165, 1.54) is 276 Å². The minimum absolute atomic E-state index is 0.108. The summed E-state index contributed by atoms with van der Waals surface area (Å²) in [6, 6.07) is 0. The Morgan fingerprint density at radius 2 is 0.486 bits per heavy atom. The van der Waals surface area contributed by atoms with E-state index >= 15 is 0 Å². The van der Waals surface area contributed by atoms with Gasteiger partial charge in [0.1, 0.15) is 19.3 Å². The maximum Gasteiger partial charge on any atom is 0.472 e. The van der Waals surface area contributed by atoms with Crippen LogP contribution in [0.15, 0.2) is 0 Å². The molecule has 624 valence electrons. The van der Waals surface area contributed by atoms with Crippen LogP contribution >= 0.6 is 15.6 Å². The van der Waals surface area contributed by atoms with Crippen molar-refractivity contribution in [2.75, 3.05) is 39.6 Å². The number of hydrogen-bond donors (Lipinski definition) is 3. The molecule has 0 aromatic heterocycles. The van der Waals surface area contributed by atoms with Crippen molar-refractivity contribution in [2.45, 2.75) is 477 Å². The summed E-state index contributed by atoms with van der Waals surface area (Å²) < 4.78 is 68.9. The Labute approximate surface area is 645 Å². The lowest BCUT2D eigenvalue weighted by molar-refractivity contribution is -0.161. The predicted octanol–water partition coefficient (Wildman–Crippen LogP) is 26.2. The highest BCUT2D eigenvalue weighted by Crippen LogP contribution is 2.45. The van der Waals surface area contributed by atoms with Crippen LogP contribution < -0.4 is 0 Å². The molecule has 6 atom stereocenters. The normalized spacial score (nSPS) is 14.1. The summed E-state index contributed by atoms with van der Waals surface area (Å²) in [4.78, 5) is 73.3. The van der Waals surface area contributed by atoms with Gasteiger partial charge in [-0.3, -0.25) is 37.3 Å². The topological polar surface area (TPSA) is 237 Å². The Morgan fingerprint density at radius 1 is 0.276 bits per heavy atom. The zero-order valence-electron chi connectivity index (χ0n) is 69.0. The minimum atomic E-state index is -4.97. The average molecular weight is 1540 g/mol. The van der Waals surface area contributed by atoms with Gasteiger partial charge in [0.2, 0.25) is 0 Å². The van der Waals surface area contributed by atoms with Gasteiger partial charge in [-0.2, -0.15) is 0 Å². The molecule has 17 nitrogen and oxygen atoms in total. The number of phosphoric acid groups is 2. The second kappa shape index (κ2) is 77.4. The highest BCUT2D eigenvalue weighted by molar-refractivity contribution is 7.47. The first-order valence-electron chi connectivity index (χ1n) is 44.5. The second-order valence-electron chi connectivity index (χ2n) is 31.6. The van der Waals surface area contributed by atoms with Crippen LogP contribution in [0.2, 0.25) is 0 Å². The van der Waals surface area contributed by atoms with E-state index < -0.39 is 97.5 Å². The van der Waals surface area contributed by atoms with E-state index in [1.807, 2.05) is 0 Å². The first-order valence-corrected chi connectivity index (χ1v) is 47.5. The lowest BCUT2D eigenvalue weighted by Gasteiger charge is -2.21. The number of phosphoric ester groups is 2. The SMILES string of the molecule is CCCCCCCCCCCCCCCCCCC(=O)OC[C@H](COP(=O)(O)OC[C@@H](O)COP(=O)(O)OC[C@@H](COC(=O)CCCCCCCCCCC(C)CC)OC(=O)CCCCCCCCCCCCCCCCCC)OC(=O)CCCCCCCCCCCCCCCCCCCCC(C)C. The van der Waals surface area contributed by atoms with E-state index in [1.54, 1.807) is 0 Å². The predicted molar refractivity (Wildman–Crippen MR) is 432 cm³/mol. The van der Waals surface area contributed by atoms with E-state index in [4.69, 9.17) is 37.0 Å². The maximum absolute atomic E-state index is 13.1. The van der Waals surface area contributed by atoms with Crippen LogP contribution in [-0.2, 0) is 65.4 Å². The molecule has 0 bridgehead atoms. The molecule has 0 radical (unpaired) electrons. The standard InChI is InChI=1S/C86H168O17P2/c1-7-10-12-14-16-18-20-22-24-31-35-39-43-50-56-62-68-83(88)96-74-81(102-85(90)71-65-59-53-45-41-37-33-29-27-26-28-30-34-38-42-48-54-60-66-78(4)5)76-100-104(92,93)98-72-80(87)73-99-105(94,95)101-77-82(75-97-84(89)69-63-57-51-47-46-49-55-61-67-79(6)9-3)103-86(91)70-64-58-52-44-40-36-32-25-23-21-19-17-15-13-11-8-2/h78-82,87H,7-77H2,1-6H3,(H,92,93)(H,94,95)/t79?,80-,81-,82-/m1/s1. The summed E-state index contributed by atoms with van der Waals surface area (Å²) in [6.07, 6.45) is 69.3. The Balaban J connectivity index is 5.25. The monoisotopic (exact) mass is 1540 g/mol. The summed E-state index contributed by atoms with van der Waals surface area (Å²) in [5.41, 5.74) is 0. The quantitative estimate of drug-likeness (QED) is 0.0222. The number of ether oxygens (including phenoxy) is 4. The number of esters is 4. The van der Waals surface area contributed by atoms with Gasteiger partial charge in [0.25, 0.3) is 0 Å². The van der Waals surface area contributed by atoms with E-state index in [2.05, 4.69) is 41.5 Å². The minimum Gasteiger partial charge on any atom is -0.462 e. The molecule has 0 aliphatic heterocycles. The largest absolute Gasteiger partial charge is 0.472 e. The first kappa shape index (κ1) is 103. The summed E-state index contributed by atoms with van der Waals surface area (Å²) in [7, 11) is -9.93. The Hall–Kier alpha value is -1.94. The molecule has 0 spiro atoms. The summed E-state index contributed by atoms with van der Waals surface area (Å²) in [6.45, 7) is 9.72. The molecule has 0 aliphatic carbocycles. The van der Waals surface area contributed by atoms with Gasteiger partial charge in [-0.15, -0.1) is 0 Å². The van der Waals surface area contributed by atoms with Gasteiger partial charge < -0.3 is 33.8 Å². The number of carbonyl (C=O) groups excluding carboxylic acids is 4. The smallest absolute Gasteiger partial charge is 0.462 e. The highest BCUT2D eigenvalue weighted by Gasteiger charge is 2.30. The number of carbonyl (C=O) groups is 4. The second-order valence-corrected chi connectivity index (χ2v) is 34.6. The molecule has 0 fully saturated rings. The van der Waals surface area contributed by atoms with Gasteiger partial charge >= 0.3 is 39.5 Å². The summed E-state index contributed by atoms with van der Waals surface area (Å²) in [5.74, 6) is -0.502. The van der Waals surface area contributed by atoms with E-state index in [-0.39, 0.29) is 25.7 Å². The van der Waals surface area contributed by atoms with Crippen LogP contribution in [0.25, 0.3) is 0 Å². The zero-order valence-corrected chi connectivity index (χ0v) is 70.8. The lowest BCUT2D eigenvalue weighted by atomic mass is 9.99. The zero-order chi connectivity index (χ0) is 77.1. The molecule has 0 rings (SSSR count). The van der Waals surface area contributed by atoms with Crippen molar-refractivity contribution in [3.63, 3.8) is 0 Å². The summed E-state index contributed by atoms with van der Waals surface area (Å²) in [5, 5.41) is 10.7. The molecule has 3 unspecified atom stereocenters. The fraction of sp³-hybridized carbons (Fsp3) is 0.953. The average Bonchev–Trinajstić information content (AvgIpc) is 0.908. The van der Waals surface area contributed by atoms with Gasteiger partial charge in [0.05, 0.1) is 26.4 Å². The van der Waals surface area contributed by atoms with E-state index in [0.29, 0.717) is 25.7 Å². The molecule has 0 saturated carbocycles. The molecule has 0 aromatic carbocycles. The van der Waals surface area contributed by atoms with Crippen LogP contribution in [0.1, 0.15) is 459 Å². The lowest BCUT2D eigenvalue weighted by Crippen LogP contribution is -2.30. The number of unbranched alkanes of at least 4 members (excludes halogenated alkanes) is 54. The van der Waals surface area contributed by atoms with Crippen molar-refractivity contribution < 1.29 is 80.2 Å². The van der Waals surface area contributed by atoms with E-state index in [0.717, 1.165) is 102 Å². The highest BCUT2D eigenvalue weighted by atomic mass is 31.2. The van der Waals surface area contributed by atoms with Gasteiger partial charge in [-0.1, -0.05) is 408 Å². The molecule has 3 N–H and O–H groups in total. The molecule has 0 amide bonds. The molecule has 0 saturated heterocycles. The number of aliphatic hydroxyl groups is 1. The number of rotatable bonds is 85. The third-order valence-electron chi connectivity index (χ3n) is 20.6. The fourth-order valence-electron chi connectivity index (χ4n) is 13.4. The molecular formula is C86H168O17P2. The third-order valence-corrected chi connectivity index (χ3v) is 22.5. The number of aliphatic hydroxyl groups excluding tert-OH is 1. The third kappa shape index (κ3) is 78.5. The first-order chi connectivity index (χ1) is 50.9. The van der Waals surface area contributed by atoms with Crippen LogP contribution in [0.4, 0.5) is 0 Å². The molecule has 19 heteroatoms.